The van der Waals surface area contributed by atoms with Gasteiger partial charge in [0.2, 0.25) is 0 Å². The molecule has 0 radical (unpaired) electrons. The number of ketones is 1. The Hall–Kier alpha value is -0.960. The number of carbonyl (C=O) groups excluding carboxylic acids is 1. The molecule has 0 heterocycles. The molecule has 4 nitrogen and oxygen atoms in total. The fraction of sp³-hybridized carbons (Fsp3) is 0.462. The van der Waals surface area contributed by atoms with Crippen molar-refractivity contribution in [3.05, 3.63) is 35.9 Å². The molecule has 1 aromatic rings. The molecule has 1 aliphatic rings. The Morgan fingerprint density at radius 1 is 1.22 bits per heavy atom. The van der Waals surface area contributed by atoms with E-state index in [2.05, 4.69) is 0 Å². The van der Waals surface area contributed by atoms with E-state index in [1.54, 1.807) is 0 Å². The van der Waals surface area contributed by atoms with E-state index in [0.29, 0.717) is 12.8 Å². The van der Waals surface area contributed by atoms with E-state index in [-0.39, 0.29) is 11.9 Å². The van der Waals surface area contributed by atoms with Crippen LogP contribution in [0.4, 0.5) is 0 Å². The van der Waals surface area contributed by atoms with Crippen molar-refractivity contribution in [1.29, 1.82) is 0 Å². The van der Waals surface area contributed by atoms with Gasteiger partial charge in [0, 0.05) is 20.6 Å². The second-order valence-corrected chi connectivity index (χ2v) is 6.90. The molecule has 1 fully saturated rings. The molecule has 0 spiro atoms. The zero-order valence-electron chi connectivity index (χ0n) is 10.6. The fourth-order valence-electron chi connectivity index (χ4n) is 2.21. The summed E-state index contributed by atoms with van der Waals surface area (Å²) in [5, 5.41) is 0. The monoisotopic (exact) mass is 268 g/mol. The molecule has 98 valence electrons. The third kappa shape index (κ3) is 2.41. The van der Waals surface area contributed by atoms with Crippen LogP contribution < -0.4 is 0 Å². The standard InChI is InChI=1S/C13H17O4P/c1-16-18(15,17-2)9-8-13(10-12(13)14)11-6-4-3-5-7-11/h3-7H,8-10H2,1-2H3. The van der Waals surface area contributed by atoms with Crippen LogP contribution in [0.2, 0.25) is 0 Å². The first-order valence-electron chi connectivity index (χ1n) is 5.86. The molecular formula is C13H17O4P. The van der Waals surface area contributed by atoms with Crippen LogP contribution >= 0.6 is 7.60 Å². The minimum Gasteiger partial charge on any atom is -0.312 e. The van der Waals surface area contributed by atoms with Gasteiger partial charge in [0.15, 0.2) is 0 Å². The van der Waals surface area contributed by atoms with Gasteiger partial charge in [0.25, 0.3) is 0 Å². The van der Waals surface area contributed by atoms with Crippen molar-refractivity contribution < 1.29 is 18.4 Å². The molecule has 1 aliphatic carbocycles. The maximum Gasteiger partial charge on any atom is 0.330 e. The average molecular weight is 268 g/mol. The molecule has 1 aromatic carbocycles. The van der Waals surface area contributed by atoms with Crippen molar-refractivity contribution >= 4 is 13.4 Å². The third-order valence-corrected chi connectivity index (χ3v) is 5.45. The highest BCUT2D eigenvalue weighted by Crippen LogP contribution is 2.54. The van der Waals surface area contributed by atoms with Crippen LogP contribution in [0.5, 0.6) is 0 Å². The number of carbonyl (C=O) groups is 1. The van der Waals surface area contributed by atoms with Gasteiger partial charge in [0.1, 0.15) is 5.78 Å². The van der Waals surface area contributed by atoms with Crippen LogP contribution in [0.25, 0.3) is 0 Å². The Kier molecular flexibility index (Phi) is 3.71. The summed E-state index contributed by atoms with van der Waals surface area (Å²) in [6.45, 7) is 0. The number of Topliss-reactive ketones (excluding diaryl/α,β-unsaturated/α-hetero) is 1. The van der Waals surface area contributed by atoms with Gasteiger partial charge in [-0.3, -0.25) is 9.36 Å². The first kappa shape index (κ1) is 13.5. The summed E-state index contributed by atoms with van der Waals surface area (Å²) < 4.78 is 21.8. The first-order valence-corrected chi connectivity index (χ1v) is 7.58. The summed E-state index contributed by atoms with van der Waals surface area (Å²) in [6.07, 6.45) is 1.29. The molecule has 5 heteroatoms. The Morgan fingerprint density at radius 2 is 1.78 bits per heavy atom. The molecule has 1 atom stereocenters. The lowest BCUT2D eigenvalue weighted by Gasteiger charge is -2.17. The summed E-state index contributed by atoms with van der Waals surface area (Å²) in [5.41, 5.74) is 0.530. The molecular weight excluding hydrogens is 251 g/mol. The molecule has 0 aromatic heterocycles. The van der Waals surface area contributed by atoms with Crippen molar-refractivity contribution in [2.45, 2.75) is 18.3 Å². The van der Waals surface area contributed by atoms with E-state index in [1.165, 1.54) is 14.2 Å². The van der Waals surface area contributed by atoms with Crippen molar-refractivity contribution in [1.82, 2.24) is 0 Å². The second-order valence-electron chi connectivity index (χ2n) is 4.50. The van der Waals surface area contributed by atoms with Gasteiger partial charge in [0.05, 0.1) is 11.6 Å². The van der Waals surface area contributed by atoms with E-state index < -0.39 is 13.0 Å². The summed E-state index contributed by atoms with van der Waals surface area (Å²) >= 11 is 0. The molecule has 18 heavy (non-hydrogen) atoms. The van der Waals surface area contributed by atoms with Gasteiger partial charge in [-0.1, -0.05) is 30.3 Å². The van der Waals surface area contributed by atoms with E-state index in [4.69, 9.17) is 9.05 Å². The van der Waals surface area contributed by atoms with Crippen LogP contribution in [0.15, 0.2) is 30.3 Å². The average Bonchev–Trinajstić information content (AvgIpc) is 3.09. The molecule has 1 saturated carbocycles. The van der Waals surface area contributed by atoms with Crippen LogP contribution in [0.3, 0.4) is 0 Å². The normalized spacial score (nSPS) is 23.1. The first-order chi connectivity index (χ1) is 8.56. The van der Waals surface area contributed by atoms with Gasteiger partial charge in [-0.25, -0.2) is 0 Å². The lowest BCUT2D eigenvalue weighted by molar-refractivity contribution is -0.111. The van der Waals surface area contributed by atoms with Gasteiger partial charge in [-0.2, -0.15) is 0 Å². The van der Waals surface area contributed by atoms with Crippen LogP contribution in [-0.2, 0) is 23.8 Å². The van der Waals surface area contributed by atoms with E-state index in [0.717, 1.165) is 5.56 Å². The lowest BCUT2D eigenvalue weighted by Crippen LogP contribution is -2.13. The smallest absolute Gasteiger partial charge is 0.312 e. The predicted molar refractivity (Wildman–Crippen MR) is 68.9 cm³/mol. The van der Waals surface area contributed by atoms with Crippen LogP contribution in [0.1, 0.15) is 18.4 Å². The van der Waals surface area contributed by atoms with Gasteiger partial charge in [-0.15, -0.1) is 0 Å². The zero-order chi connectivity index (χ0) is 13.2. The van der Waals surface area contributed by atoms with Crippen molar-refractivity contribution in [2.24, 2.45) is 0 Å². The molecule has 1 unspecified atom stereocenters. The Balaban J connectivity index is 2.12. The predicted octanol–water partition coefficient (Wildman–Crippen LogP) is 2.77. The zero-order valence-corrected chi connectivity index (χ0v) is 11.5. The molecule has 0 aliphatic heterocycles. The summed E-state index contributed by atoms with van der Waals surface area (Å²) in [4.78, 5) is 11.7. The SMILES string of the molecule is COP(=O)(CCC1(c2ccccc2)CC1=O)OC. The topological polar surface area (TPSA) is 52.6 Å². The summed E-state index contributed by atoms with van der Waals surface area (Å²) in [5.74, 6) is 0.201. The molecule has 2 rings (SSSR count). The molecule has 0 N–H and O–H groups in total. The van der Waals surface area contributed by atoms with E-state index in [9.17, 15) is 9.36 Å². The highest BCUT2D eigenvalue weighted by atomic mass is 31.2. The van der Waals surface area contributed by atoms with Crippen LogP contribution in [-0.4, -0.2) is 26.2 Å². The minimum absolute atomic E-state index is 0.201. The Bertz CT molecular complexity index is 477. The van der Waals surface area contributed by atoms with E-state index >= 15 is 0 Å². The van der Waals surface area contributed by atoms with Crippen molar-refractivity contribution in [3.8, 4) is 0 Å². The maximum atomic E-state index is 12.0. The minimum atomic E-state index is -3.04. The Morgan fingerprint density at radius 3 is 2.22 bits per heavy atom. The maximum absolute atomic E-state index is 12.0. The number of hydrogen-bond acceptors (Lipinski definition) is 4. The van der Waals surface area contributed by atoms with Crippen LogP contribution in [0, 0.1) is 0 Å². The van der Waals surface area contributed by atoms with Crippen molar-refractivity contribution in [2.75, 3.05) is 20.4 Å². The highest BCUT2D eigenvalue weighted by molar-refractivity contribution is 7.53. The summed E-state index contributed by atoms with van der Waals surface area (Å²) in [7, 11) is -0.298. The number of hydrogen-bond donors (Lipinski definition) is 0. The van der Waals surface area contributed by atoms with Gasteiger partial charge in [-0.05, 0) is 12.0 Å². The number of benzene rings is 1. The number of rotatable bonds is 6. The largest absolute Gasteiger partial charge is 0.330 e. The second kappa shape index (κ2) is 4.96. The quantitative estimate of drug-likeness (QED) is 0.744. The summed E-state index contributed by atoms with van der Waals surface area (Å²) in [6, 6.07) is 9.62. The molecule has 0 saturated heterocycles. The highest BCUT2D eigenvalue weighted by Gasteiger charge is 2.55. The molecule has 0 amide bonds. The molecule has 0 bridgehead atoms. The van der Waals surface area contributed by atoms with Crippen molar-refractivity contribution in [3.63, 3.8) is 0 Å². The lowest BCUT2D eigenvalue weighted by atomic mass is 9.93. The third-order valence-electron chi connectivity index (χ3n) is 3.57. The fourth-order valence-corrected chi connectivity index (χ4v) is 3.38. The van der Waals surface area contributed by atoms with E-state index in [1.807, 2.05) is 30.3 Å². The van der Waals surface area contributed by atoms with Gasteiger partial charge >= 0.3 is 7.60 Å². The Labute approximate surface area is 107 Å². The van der Waals surface area contributed by atoms with Gasteiger partial charge < -0.3 is 9.05 Å².